The molecule has 0 aliphatic carbocycles. The highest BCUT2D eigenvalue weighted by Gasteiger charge is 2.37. The van der Waals surface area contributed by atoms with E-state index < -0.39 is 13.4 Å². The predicted octanol–water partition coefficient (Wildman–Crippen LogP) is 2.59. The number of nitrogens with one attached hydrogen (secondary N) is 1. The maximum atomic E-state index is 6.18. The summed E-state index contributed by atoms with van der Waals surface area (Å²) in [6.45, 7) is 0.296. The Balaban J connectivity index is 1.46. The SMILES string of the molecule is C#C[C@H]1C[C@@H](CO[PH](=S)Oc2ccccc2)O[C@H]1n1cnc2c(NC)nc(N)nc21. The van der Waals surface area contributed by atoms with Gasteiger partial charge in [-0.05, 0) is 30.4 Å². The fourth-order valence-corrected chi connectivity index (χ4v) is 4.54. The number of anilines is 2. The zero-order chi connectivity index (χ0) is 21.1. The van der Waals surface area contributed by atoms with Crippen molar-refractivity contribution in [1.82, 2.24) is 19.5 Å². The van der Waals surface area contributed by atoms with Crippen molar-refractivity contribution < 1.29 is 13.8 Å². The van der Waals surface area contributed by atoms with Gasteiger partial charge in [0.05, 0.1) is 25.0 Å². The van der Waals surface area contributed by atoms with Crippen molar-refractivity contribution in [3.63, 3.8) is 0 Å². The first-order chi connectivity index (χ1) is 14.6. The molecular formula is C19H21N6O3PS. The third kappa shape index (κ3) is 4.25. The second-order valence-corrected chi connectivity index (χ2v) is 8.63. The van der Waals surface area contributed by atoms with Crippen molar-refractivity contribution >= 4 is 41.9 Å². The molecule has 2 aromatic heterocycles. The number of para-hydroxylation sites is 1. The molecule has 156 valence electrons. The first-order valence-corrected chi connectivity index (χ1v) is 11.7. The molecule has 0 amide bonds. The maximum absolute atomic E-state index is 6.18. The molecule has 0 saturated carbocycles. The van der Waals surface area contributed by atoms with E-state index in [0.29, 0.717) is 35.8 Å². The molecule has 1 unspecified atom stereocenters. The Labute approximate surface area is 179 Å². The average molecular weight is 444 g/mol. The number of fused-ring (bicyclic) bond motifs is 1. The van der Waals surface area contributed by atoms with E-state index in [1.165, 1.54) is 0 Å². The van der Waals surface area contributed by atoms with E-state index in [2.05, 4.69) is 26.2 Å². The number of benzene rings is 1. The molecule has 30 heavy (non-hydrogen) atoms. The van der Waals surface area contributed by atoms with Crippen molar-refractivity contribution in [2.45, 2.75) is 18.8 Å². The highest BCUT2D eigenvalue weighted by atomic mass is 32.4. The molecule has 0 radical (unpaired) electrons. The van der Waals surface area contributed by atoms with Crippen LogP contribution >= 0.6 is 7.15 Å². The number of nitrogen functional groups attached to an aromatic ring is 1. The van der Waals surface area contributed by atoms with E-state index in [9.17, 15) is 0 Å². The van der Waals surface area contributed by atoms with Crippen molar-refractivity contribution in [2.75, 3.05) is 24.7 Å². The normalized spacial score (nSPS) is 21.9. The molecule has 11 heteroatoms. The molecule has 1 aliphatic rings. The summed E-state index contributed by atoms with van der Waals surface area (Å²) in [4.78, 5) is 12.9. The summed E-state index contributed by atoms with van der Waals surface area (Å²) in [7, 11) is -0.140. The molecule has 9 nitrogen and oxygen atoms in total. The van der Waals surface area contributed by atoms with Crippen LogP contribution in [-0.4, -0.2) is 39.3 Å². The lowest BCUT2D eigenvalue weighted by atomic mass is 10.0. The molecule has 3 aromatic rings. The first kappa shape index (κ1) is 20.6. The van der Waals surface area contributed by atoms with E-state index in [-0.39, 0.29) is 18.0 Å². The van der Waals surface area contributed by atoms with Gasteiger partial charge in [0.15, 0.2) is 23.2 Å². The number of hydrogen-bond acceptors (Lipinski definition) is 9. The van der Waals surface area contributed by atoms with Gasteiger partial charge in [0.2, 0.25) is 13.1 Å². The molecule has 0 bridgehead atoms. The quantitative estimate of drug-likeness (QED) is 0.420. The summed E-state index contributed by atoms with van der Waals surface area (Å²) >= 11 is 5.33. The summed E-state index contributed by atoms with van der Waals surface area (Å²) < 4.78 is 19.4. The van der Waals surface area contributed by atoms with E-state index in [0.717, 1.165) is 0 Å². The van der Waals surface area contributed by atoms with Gasteiger partial charge in [-0.3, -0.25) is 4.57 Å². The lowest BCUT2D eigenvalue weighted by Crippen LogP contribution is -2.17. The van der Waals surface area contributed by atoms with Crippen LogP contribution in [0.15, 0.2) is 36.7 Å². The summed E-state index contributed by atoms with van der Waals surface area (Å²) in [5.41, 5.74) is 6.99. The van der Waals surface area contributed by atoms with Gasteiger partial charge in [0.1, 0.15) is 5.75 Å². The zero-order valence-electron chi connectivity index (χ0n) is 16.2. The smallest absolute Gasteiger partial charge is 0.225 e. The van der Waals surface area contributed by atoms with Crippen molar-refractivity contribution in [1.29, 1.82) is 0 Å². The van der Waals surface area contributed by atoms with Crippen LogP contribution in [0.2, 0.25) is 0 Å². The fourth-order valence-electron chi connectivity index (χ4n) is 3.33. The second-order valence-electron chi connectivity index (χ2n) is 6.64. The van der Waals surface area contributed by atoms with Gasteiger partial charge in [-0.25, -0.2) is 4.98 Å². The minimum absolute atomic E-state index is 0.139. The Hall–Kier alpha value is -2.70. The number of hydrogen-bond donors (Lipinski definition) is 2. The molecule has 1 aliphatic heterocycles. The summed E-state index contributed by atoms with van der Waals surface area (Å²) in [5, 5.41) is 2.97. The van der Waals surface area contributed by atoms with E-state index in [1.54, 1.807) is 17.9 Å². The van der Waals surface area contributed by atoms with Crippen LogP contribution in [0.25, 0.3) is 11.2 Å². The lowest BCUT2D eigenvalue weighted by molar-refractivity contribution is -0.0207. The van der Waals surface area contributed by atoms with Gasteiger partial charge in [-0.15, -0.1) is 6.42 Å². The van der Waals surface area contributed by atoms with Crippen molar-refractivity contribution in [3.05, 3.63) is 36.7 Å². The second kappa shape index (κ2) is 8.98. The summed E-state index contributed by atoms with van der Waals surface area (Å²) in [6, 6.07) is 9.36. The zero-order valence-corrected chi connectivity index (χ0v) is 18.0. The summed E-state index contributed by atoms with van der Waals surface area (Å²) in [5.74, 6) is 3.99. The number of rotatable bonds is 7. The maximum Gasteiger partial charge on any atom is 0.225 e. The van der Waals surface area contributed by atoms with Crippen LogP contribution in [0.5, 0.6) is 5.75 Å². The van der Waals surface area contributed by atoms with Crippen molar-refractivity contribution in [3.8, 4) is 18.1 Å². The van der Waals surface area contributed by atoms with Crippen LogP contribution in [0, 0.1) is 18.3 Å². The van der Waals surface area contributed by atoms with Gasteiger partial charge in [0, 0.05) is 7.05 Å². The Morgan fingerprint density at radius 2 is 2.20 bits per heavy atom. The molecule has 4 atom stereocenters. The standard InChI is InChI=1S/C19H21N6O3PS/c1-3-12-9-14(10-26-29(30)28-13-7-5-4-6-8-13)27-18(12)25-11-22-15-16(21-2)23-19(20)24-17(15)25/h1,4-8,11-12,14,18,29H,9-10H2,2H3,(H3,20,21,23,24)/t12-,14-,18+/m0/s1. The van der Waals surface area contributed by atoms with Crippen LogP contribution in [0.3, 0.4) is 0 Å². The van der Waals surface area contributed by atoms with Gasteiger partial charge >= 0.3 is 0 Å². The van der Waals surface area contributed by atoms with Gasteiger partial charge in [-0.1, -0.05) is 24.1 Å². The molecule has 3 N–H and O–H groups in total. The fraction of sp³-hybridized carbons (Fsp3) is 0.316. The lowest BCUT2D eigenvalue weighted by Gasteiger charge is -2.17. The molecule has 0 spiro atoms. The number of nitrogens with zero attached hydrogens (tertiary/aromatic N) is 4. The minimum atomic E-state index is -1.89. The number of nitrogens with two attached hydrogens (primary N) is 1. The Morgan fingerprint density at radius 1 is 1.40 bits per heavy atom. The Kier molecular flexibility index (Phi) is 6.16. The molecule has 1 aromatic carbocycles. The van der Waals surface area contributed by atoms with E-state index in [1.807, 2.05) is 30.3 Å². The monoisotopic (exact) mass is 444 g/mol. The van der Waals surface area contributed by atoms with Crippen LogP contribution in [0.4, 0.5) is 11.8 Å². The third-order valence-corrected chi connectivity index (χ3v) is 6.10. The molecule has 4 rings (SSSR count). The molecular weight excluding hydrogens is 423 g/mol. The first-order valence-electron chi connectivity index (χ1n) is 9.28. The van der Waals surface area contributed by atoms with Crippen LogP contribution in [0.1, 0.15) is 12.6 Å². The molecule has 1 saturated heterocycles. The molecule has 1 fully saturated rings. The predicted molar refractivity (Wildman–Crippen MR) is 119 cm³/mol. The Bertz CT molecular complexity index is 1100. The van der Waals surface area contributed by atoms with Crippen molar-refractivity contribution in [2.24, 2.45) is 5.92 Å². The number of ether oxygens (including phenoxy) is 1. The topological polar surface area (TPSA) is 109 Å². The van der Waals surface area contributed by atoms with Gasteiger partial charge in [-0.2, -0.15) is 9.97 Å². The Morgan fingerprint density at radius 3 is 2.93 bits per heavy atom. The number of imidazole rings is 1. The van der Waals surface area contributed by atoms with Gasteiger partial charge in [0.25, 0.3) is 0 Å². The number of aromatic nitrogens is 4. The van der Waals surface area contributed by atoms with Crippen LogP contribution in [-0.2, 0) is 21.1 Å². The van der Waals surface area contributed by atoms with Crippen LogP contribution < -0.4 is 15.6 Å². The summed E-state index contributed by atoms with van der Waals surface area (Å²) in [6.07, 6.45) is 7.36. The average Bonchev–Trinajstić information content (AvgIpc) is 3.35. The van der Waals surface area contributed by atoms with E-state index in [4.69, 9.17) is 37.7 Å². The van der Waals surface area contributed by atoms with E-state index >= 15 is 0 Å². The minimum Gasteiger partial charge on any atom is -0.446 e. The highest BCUT2D eigenvalue weighted by Crippen LogP contribution is 2.38. The highest BCUT2D eigenvalue weighted by molar-refractivity contribution is 8.00. The van der Waals surface area contributed by atoms with Gasteiger partial charge < -0.3 is 24.8 Å². The molecule has 3 heterocycles. The number of terminal acetylenes is 1. The largest absolute Gasteiger partial charge is 0.446 e. The third-order valence-electron chi connectivity index (χ3n) is 4.69.